The average molecular weight is 420 g/mol. The predicted octanol–water partition coefficient (Wildman–Crippen LogP) is 5.44. The average Bonchev–Trinajstić information content (AvgIpc) is 2.67. The molecule has 0 N–H and O–H groups in total. The highest BCUT2D eigenvalue weighted by Crippen LogP contribution is 2.31. The van der Waals surface area contributed by atoms with Crippen LogP contribution in [0.4, 0.5) is 0 Å². The number of halogens is 2. The molecule has 0 bridgehead atoms. The molecule has 5 nitrogen and oxygen atoms in total. The van der Waals surface area contributed by atoms with Crippen molar-refractivity contribution < 1.29 is 19.0 Å². The molecule has 0 aromatic heterocycles. The standard InChI is InChI=1S/C21H19Cl2NO4/c1-3-26-20-10-14(9-16(12-24)21(25)27-4-2)5-8-19(20)28-13-15-6-7-17(22)11-18(15)23/h5-11H,3-4,13H2,1-2H3/b16-9+. The first-order valence-electron chi connectivity index (χ1n) is 8.61. The first-order valence-corrected chi connectivity index (χ1v) is 9.36. The first-order chi connectivity index (χ1) is 13.5. The molecule has 2 rings (SSSR count). The van der Waals surface area contributed by atoms with E-state index in [4.69, 9.17) is 37.4 Å². The Bertz CT molecular complexity index is 919. The van der Waals surface area contributed by atoms with Crippen molar-refractivity contribution in [3.8, 4) is 17.6 Å². The molecule has 0 unspecified atom stereocenters. The van der Waals surface area contributed by atoms with Crippen LogP contribution in [0.3, 0.4) is 0 Å². The first kappa shape index (κ1) is 21.6. The van der Waals surface area contributed by atoms with E-state index >= 15 is 0 Å². The van der Waals surface area contributed by atoms with Crippen molar-refractivity contribution >= 4 is 35.2 Å². The molecule has 7 heteroatoms. The Morgan fingerprint density at radius 1 is 1.07 bits per heavy atom. The van der Waals surface area contributed by atoms with Crippen LogP contribution < -0.4 is 9.47 Å². The third-order valence-corrected chi connectivity index (χ3v) is 4.18. The molecule has 0 aliphatic heterocycles. The molecule has 0 aliphatic rings. The van der Waals surface area contributed by atoms with E-state index in [1.54, 1.807) is 43.3 Å². The van der Waals surface area contributed by atoms with Crippen LogP contribution in [0, 0.1) is 11.3 Å². The number of carbonyl (C=O) groups is 1. The highest BCUT2D eigenvalue weighted by atomic mass is 35.5. The monoisotopic (exact) mass is 419 g/mol. The van der Waals surface area contributed by atoms with Gasteiger partial charge in [-0.1, -0.05) is 35.3 Å². The fourth-order valence-corrected chi connectivity index (χ4v) is 2.77. The van der Waals surface area contributed by atoms with Gasteiger partial charge in [0.1, 0.15) is 18.2 Å². The molecule has 0 atom stereocenters. The predicted molar refractivity (Wildman–Crippen MR) is 109 cm³/mol. The van der Waals surface area contributed by atoms with Crippen molar-refractivity contribution in [1.82, 2.24) is 0 Å². The van der Waals surface area contributed by atoms with Gasteiger partial charge in [0.2, 0.25) is 0 Å². The Morgan fingerprint density at radius 2 is 1.86 bits per heavy atom. The largest absolute Gasteiger partial charge is 0.490 e. The number of esters is 1. The van der Waals surface area contributed by atoms with Crippen molar-refractivity contribution in [3.05, 3.63) is 63.1 Å². The van der Waals surface area contributed by atoms with Crippen molar-refractivity contribution in [2.45, 2.75) is 20.5 Å². The number of rotatable bonds is 8. The summed E-state index contributed by atoms with van der Waals surface area (Å²) in [7, 11) is 0. The van der Waals surface area contributed by atoms with Crippen molar-refractivity contribution in [1.29, 1.82) is 5.26 Å². The van der Waals surface area contributed by atoms with Crippen LogP contribution in [-0.4, -0.2) is 19.2 Å². The number of benzene rings is 2. The summed E-state index contributed by atoms with van der Waals surface area (Å²) in [6, 6.07) is 12.2. The Hall–Kier alpha value is -2.68. The van der Waals surface area contributed by atoms with E-state index in [0.29, 0.717) is 33.7 Å². The second kappa shape index (κ2) is 10.6. The van der Waals surface area contributed by atoms with E-state index in [2.05, 4.69) is 0 Å². The maximum absolute atomic E-state index is 11.8. The van der Waals surface area contributed by atoms with Gasteiger partial charge in [-0.25, -0.2) is 4.79 Å². The quantitative estimate of drug-likeness (QED) is 0.323. The van der Waals surface area contributed by atoms with Gasteiger partial charge in [-0.05, 0) is 49.8 Å². The van der Waals surface area contributed by atoms with Gasteiger partial charge < -0.3 is 14.2 Å². The van der Waals surface area contributed by atoms with Gasteiger partial charge in [0.25, 0.3) is 0 Å². The zero-order valence-electron chi connectivity index (χ0n) is 15.5. The molecular weight excluding hydrogens is 401 g/mol. The summed E-state index contributed by atoms with van der Waals surface area (Å²) in [4.78, 5) is 11.8. The summed E-state index contributed by atoms with van der Waals surface area (Å²) in [5, 5.41) is 10.2. The maximum atomic E-state index is 11.8. The summed E-state index contributed by atoms with van der Waals surface area (Å²) in [5.41, 5.74) is 1.31. The SMILES string of the molecule is CCOC(=O)/C(C#N)=C/c1ccc(OCc2ccc(Cl)cc2Cl)c(OCC)c1. The van der Waals surface area contributed by atoms with Crippen LogP contribution in [-0.2, 0) is 16.1 Å². The van der Waals surface area contributed by atoms with E-state index in [-0.39, 0.29) is 18.8 Å². The number of carbonyl (C=O) groups excluding carboxylic acids is 1. The molecule has 0 saturated carbocycles. The van der Waals surface area contributed by atoms with E-state index < -0.39 is 5.97 Å². The fraction of sp³-hybridized carbons (Fsp3) is 0.238. The zero-order chi connectivity index (χ0) is 20.5. The molecule has 2 aromatic rings. The number of nitriles is 1. The van der Waals surface area contributed by atoms with Gasteiger partial charge in [-0.3, -0.25) is 0 Å². The maximum Gasteiger partial charge on any atom is 0.348 e. The topological polar surface area (TPSA) is 68.6 Å². The minimum atomic E-state index is -0.666. The van der Waals surface area contributed by atoms with Crippen molar-refractivity contribution in [2.24, 2.45) is 0 Å². The molecule has 0 fully saturated rings. The van der Waals surface area contributed by atoms with Crippen LogP contribution in [0.15, 0.2) is 42.0 Å². The number of ether oxygens (including phenoxy) is 3. The van der Waals surface area contributed by atoms with Crippen LogP contribution in [0.2, 0.25) is 10.0 Å². The minimum absolute atomic E-state index is 0.0917. The zero-order valence-corrected chi connectivity index (χ0v) is 17.0. The summed E-state index contributed by atoms with van der Waals surface area (Å²) >= 11 is 12.1. The van der Waals surface area contributed by atoms with Gasteiger partial charge >= 0.3 is 5.97 Å². The summed E-state index contributed by atoms with van der Waals surface area (Å²) < 4.78 is 16.3. The molecule has 0 heterocycles. The van der Waals surface area contributed by atoms with Crippen LogP contribution >= 0.6 is 23.2 Å². The Balaban J connectivity index is 2.24. The lowest BCUT2D eigenvalue weighted by Crippen LogP contribution is -2.06. The molecule has 0 aliphatic carbocycles. The third kappa shape index (κ3) is 5.91. The van der Waals surface area contributed by atoms with Gasteiger partial charge in [-0.15, -0.1) is 0 Å². The van der Waals surface area contributed by atoms with Gasteiger partial charge in [0.05, 0.1) is 13.2 Å². The lowest BCUT2D eigenvalue weighted by molar-refractivity contribution is -0.137. The molecular formula is C21H19Cl2NO4. The van der Waals surface area contributed by atoms with Gasteiger partial charge in [0.15, 0.2) is 11.5 Å². The second-order valence-corrected chi connectivity index (χ2v) is 6.40. The second-order valence-electron chi connectivity index (χ2n) is 5.55. The molecule has 0 spiro atoms. The molecule has 28 heavy (non-hydrogen) atoms. The van der Waals surface area contributed by atoms with Crippen LogP contribution in [0.1, 0.15) is 25.0 Å². The van der Waals surface area contributed by atoms with Crippen LogP contribution in [0.25, 0.3) is 6.08 Å². The number of nitrogens with zero attached hydrogens (tertiary/aromatic N) is 1. The fourth-order valence-electron chi connectivity index (χ4n) is 2.31. The molecule has 0 saturated heterocycles. The van der Waals surface area contributed by atoms with E-state index in [1.807, 2.05) is 13.0 Å². The third-order valence-electron chi connectivity index (χ3n) is 3.59. The lowest BCUT2D eigenvalue weighted by Gasteiger charge is -2.13. The number of hydrogen-bond acceptors (Lipinski definition) is 5. The van der Waals surface area contributed by atoms with Crippen molar-refractivity contribution in [3.63, 3.8) is 0 Å². The summed E-state index contributed by atoms with van der Waals surface area (Å²) in [6.07, 6.45) is 1.44. The van der Waals surface area contributed by atoms with E-state index in [0.717, 1.165) is 5.56 Å². The smallest absolute Gasteiger partial charge is 0.348 e. The van der Waals surface area contributed by atoms with Gasteiger partial charge in [0, 0.05) is 15.6 Å². The highest BCUT2D eigenvalue weighted by Gasteiger charge is 2.12. The normalized spacial score (nSPS) is 10.9. The molecule has 0 amide bonds. The van der Waals surface area contributed by atoms with E-state index in [1.165, 1.54) is 6.08 Å². The minimum Gasteiger partial charge on any atom is -0.490 e. The highest BCUT2D eigenvalue weighted by molar-refractivity contribution is 6.35. The lowest BCUT2D eigenvalue weighted by atomic mass is 10.1. The summed E-state index contributed by atoms with van der Waals surface area (Å²) in [5.74, 6) is 0.336. The number of hydrogen-bond donors (Lipinski definition) is 0. The van der Waals surface area contributed by atoms with Gasteiger partial charge in [-0.2, -0.15) is 5.26 Å². The summed E-state index contributed by atoms with van der Waals surface area (Å²) in [6.45, 7) is 4.38. The Morgan fingerprint density at radius 3 is 2.50 bits per heavy atom. The Kier molecular flexibility index (Phi) is 8.19. The van der Waals surface area contributed by atoms with E-state index in [9.17, 15) is 10.1 Å². The molecule has 0 radical (unpaired) electrons. The Labute approximate surface area is 174 Å². The molecule has 2 aromatic carbocycles. The van der Waals surface area contributed by atoms with Crippen molar-refractivity contribution in [2.75, 3.05) is 13.2 Å². The molecule has 146 valence electrons. The van der Waals surface area contributed by atoms with Crippen LogP contribution in [0.5, 0.6) is 11.5 Å².